The smallest absolute Gasteiger partial charge is 0.266 e. The molecule has 0 unspecified atom stereocenters. The first-order valence-corrected chi connectivity index (χ1v) is 5.97. The molecule has 0 amide bonds. The minimum absolute atomic E-state index is 0.280. The van der Waals surface area contributed by atoms with Crippen LogP contribution in [0.1, 0.15) is 9.88 Å². The van der Waals surface area contributed by atoms with Crippen LogP contribution in [0.25, 0.3) is 0 Å². The molecule has 1 aromatic rings. The zero-order chi connectivity index (χ0) is 12.1. The minimum atomic E-state index is -2.60. The van der Waals surface area contributed by atoms with Crippen molar-refractivity contribution in [3.8, 4) is 0 Å². The van der Waals surface area contributed by atoms with Crippen LogP contribution in [-0.4, -0.2) is 17.6 Å². The molecule has 0 bridgehead atoms. The second-order valence-electron chi connectivity index (χ2n) is 2.88. The lowest BCUT2D eigenvalue weighted by Gasteiger charge is -1.97. The number of halogens is 3. The molecular formula is C9H10BrF2N3S. The van der Waals surface area contributed by atoms with Gasteiger partial charge in [-0.25, -0.2) is 13.8 Å². The van der Waals surface area contributed by atoms with Crippen molar-refractivity contribution in [3.63, 3.8) is 0 Å². The van der Waals surface area contributed by atoms with Crippen LogP contribution in [-0.2, 0) is 6.54 Å². The Hall–Kier alpha value is -0.820. The van der Waals surface area contributed by atoms with Crippen molar-refractivity contribution in [1.29, 1.82) is 0 Å². The van der Waals surface area contributed by atoms with E-state index in [1.54, 1.807) is 0 Å². The molecule has 0 fully saturated rings. The van der Waals surface area contributed by atoms with Crippen LogP contribution in [0.3, 0.4) is 0 Å². The van der Waals surface area contributed by atoms with E-state index in [0.717, 1.165) is 22.3 Å². The molecule has 0 aromatic carbocycles. The molecule has 1 aromatic heterocycles. The molecule has 0 saturated carbocycles. The average Bonchev–Trinajstić information content (AvgIpc) is 2.52. The third-order valence-corrected chi connectivity index (χ3v) is 3.55. The van der Waals surface area contributed by atoms with Gasteiger partial charge in [0.2, 0.25) is 0 Å². The van der Waals surface area contributed by atoms with Crippen LogP contribution in [0.2, 0.25) is 0 Å². The van der Waals surface area contributed by atoms with Gasteiger partial charge >= 0.3 is 0 Å². The van der Waals surface area contributed by atoms with Crippen molar-refractivity contribution in [2.24, 2.45) is 10.7 Å². The lowest BCUT2D eigenvalue weighted by atomic mass is 10.3. The van der Waals surface area contributed by atoms with Crippen LogP contribution in [0.15, 0.2) is 21.4 Å². The number of nitrogens with zero attached hydrogens (tertiary/aromatic N) is 2. The molecule has 0 radical (unpaired) electrons. The number of thiazole rings is 1. The summed E-state index contributed by atoms with van der Waals surface area (Å²) in [6.07, 6.45) is -0.645. The molecule has 7 heteroatoms. The van der Waals surface area contributed by atoms with Gasteiger partial charge in [0, 0.05) is 12.4 Å². The second kappa shape index (κ2) is 6.05. The lowest BCUT2D eigenvalue weighted by Crippen LogP contribution is -2.01. The molecule has 0 aliphatic carbocycles. The van der Waals surface area contributed by atoms with Crippen molar-refractivity contribution in [1.82, 2.24) is 4.98 Å². The lowest BCUT2D eigenvalue weighted by molar-refractivity contribution is 0.197. The number of hydrogen-bond acceptors (Lipinski definition) is 4. The van der Waals surface area contributed by atoms with Crippen LogP contribution in [0.4, 0.5) is 8.78 Å². The second-order valence-corrected chi connectivity index (χ2v) is 4.92. The molecule has 1 rings (SSSR count). The largest absolute Gasteiger partial charge is 0.404 e. The number of allylic oxidation sites excluding steroid dienone is 1. The minimum Gasteiger partial charge on any atom is -0.404 e. The monoisotopic (exact) mass is 309 g/mol. The van der Waals surface area contributed by atoms with E-state index in [2.05, 4.69) is 25.9 Å². The fourth-order valence-corrected chi connectivity index (χ4v) is 2.46. The Morgan fingerprint density at radius 2 is 2.38 bits per heavy atom. The highest BCUT2D eigenvalue weighted by Gasteiger charge is 2.08. The SMILES string of the molecule is Cc1nc(Br)c(CN=CC(=CN)C(F)F)s1. The maximum absolute atomic E-state index is 12.3. The topological polar surface area (TPSA) is 51.3 Å². The van der Waals surface area contributed by atoms with Gasteiger partial charge in [-0.15, -0.1) is 11.3 Å². The van der Waals surface area contributed by atoms with Crippen molar-refractivity contribution in [2.75, 3.05) is 0 Å². The summed E-state index contributed by atoms with van der Waals surface area (Å²) in [6, 6.07) is 0. The van der Waals surface area contributed by atoms with Crippen molar-refractivity contribution in [2.45, 2.75) is 19.9 Å². The van der Waals surface area contributed by atoms with E-state index in [1.807, 2.05) is 6.92 Å². The first-order chi connectivity index (χ1) is 7.54. The van der Waals surface area contributed by atoms with Gasteiger partial charge in [-0.05, 0) is 22.9 Å². The Balaban J connectivity index is 2.64. The highest BCUT2D eigenvalue weighted by atomic mass is 79.9. The normalized spacial score (nSPS) is 12.9. The summed E-state index contributed by atoms with van der Waals surface area (Å²) in [5.74, 6) is 0. The van der Waals surface area contributed by atoms with E-state index < -0.39 is 6.43 Å². The van der Waals surface area contributed by atoms with Crippen LogP contribution >= 0.6 is 27.3 Å². The molecular weight excluding hydrogens is 300 g/mol. The summed E-state index contributed by atoms with van der Waals surface area (Å²) in [6.45, 7) is 2.18. The molecule has 2 N–H and O–H groups in total. The third-order valence-electron chi connectivity index (χ3n) is 1.68. The van der Waals surface area contributed by atoms with Gasteiger partial charge in [0.25, 0.3) is 6.43 Å². The molecule has 88 valence electrons. The van der Waals surface area contributed by atoms with Gasteiger partial charge in [0.1, 0.15) is 4.60 Å². The molecule has 0 spiro atoms. The summed E-state index contributed by atoms with van der Waals surface area (Å²) < 4.78 is 25.2. The van der Waals surface area contributed by atoms with Crippen LogP contribution in [0.5, 0.6) is 0 Å². The highest BCUT2D eigenvalue weighted by Crippen LogP contribution is 2.23. The van der Waals surface area contributed by atoms with E-state index in [0.29, 0.717) is 11.1 Å². The standard InChI is InChI=1S/C9H10BrF2N3S/c1-5-15-8(10)7(16-5)4-14-3-6(2-13)9(11)12/h2-3,9H,4,13H2,1H3. The summed E-state index contributed by atoms with van der Waals surface area (Å²) in [4.78, 5) is 8.94. The van der Waals surface area contributed by atoms with Crippen molar-refractivity contribution >= 4 is 33.5 Å². The van der Waals surface area contributed by atoms with Gasteiger partial charge in [-0.2, -0.15) is 0 Å². The third kappa shape index (κ3) is 3.64. The maximum Gasteiger partial charge on any atom is 0.266 e. The van der Waals surface area contributed by atoms with E-state index in [9.17, 15) is 8.78 Å². The summed E-state index contributed by atoms with van der Waals surface area (Å²) in [5.41, 5.74) is 4.75. The van der Waals surface area contributed by atoms with Crippen LogP contribution < -0.4 is 5.73 Å². The highest BCUT2D eigenvalue weighted by molar-refractivity contribution is 9.10. The summed E-state index contributed by atoms with van der Waals surface area (Å²) in [7, 11) is 0. The molecule has 3 nitrogen and oxygen atoms in total. The van der Waals surface area contributed by atoms with Crippen molar-refractivity contribution in [3.05, 3.63) is 26.3 Å². The number of hydrogen-bond donors (Lipinski definition) is 1. The van der Waals surface area contributed by atoms with E-state index >= 15 is 0 Å². The van der Waals surface area contributed by atoms with Crippen molar-refractivity contribution < 1.29 is 8.78 Å². The number of rotatable bonds is 4. The maximum atomic E-state index is 12.3. The Morgan fingerprint density at radius 3 is 2.81 bits per heavy atom. The number of nitrogens with two attached hydrogens (primary N) is 1. The Labute approximate surface area is 104 Å². The van der Waals surface area contributed by atoms with Gasteiger partial charge in [0.15, 0.2) is 0 Å². The first-order valence-electron chi connectivity index (χ1n) is 4.36. The number of alkyl halides is 2. The quantitative estimate of drug-likeness (QED) is 0.869. The average molecular weight is 310 g/mol. The zero-order valence-corrected chi connectivity index (χ0v) is 10.9. The van der Waals surface area contributed by atoms with E-state index in [1.165, 1.54) is 11.3 Å². The molecule has 0 aliphatic rings. The molecule has 16 heavy (non-hydrogen) atoms. The first kappa shape index (κ1) is 13.2. The molecule has 1 heterocycles. The van der Waals surface area contributed by atoms with Gasteiger partial charge in [-0.3, -0.25) is 4.99 Å². The predicted molar refractivity (Wildman–Crippen MR) is 65.0 cm³/mol. The fraction of sp³-hybridized carbons (Fsp3) is 0.333. The Kier molecular flexibility index (Phi) is 5.01. The zero-order valence-electron chi connectivity index (χ0n) is 8.45. The van der Waals surface area contributed by atoms with Gasteiger partial charge < -0.3 is 5.73 Å². The van der Waals surface area contributed by atoms with Crippen LogP contribution in [0, 0.1) is 6.92 Å². The van der Waals surface area contributed by atoms with Gasteiger partial charge in [-0.1, -0.05) is 0 Å². The number of aliphatic imine (C=N–C) groups is 1. The van der Waals surface area contributed by atoms with E-state index in [-0.39, 0.29) is 5.57 Å². The fourth-order valence-electron chi connectivity index (χ4n) is 0.947. The number of aromatic nitrogens is 1. The summed E-state index contributed by atoms with van der Waals surface area (Å²) >= 11 is 4.74. The predicted octanol–water partition coefficient (Wildman–Crippen LogP) is 2.89. The Bertz CT molecular complexity index is 415. The number of aryl methyl sites for hydroxylation is 1. The molecule has 0 aliphatic heterocycles. The van der Waals surface area contributed by atoms with E-state index in [4.69, 9.17) is 5.73 Å². The molecule has 0 atom stereocenters. The van der Waals surface area contributed by atoms with Gasteiger partial charge in [0.05, 0.1) is 22.0 Å². The summed E-state index contributed by atoms with van der Waals surface area (Å²) in [5, 5.41) is 0.903. The Morgan fingerprint density at radius 1 is 1.69 bits per heavy atom. The molecule has 0 saturated heterocycles.